The van der Waals surface area contributed by atoms with Gasteiger partial charge in [0.05, 0.1) is 6.07 Å². The Morgan fingerprint density at radius 2 is 2.00 bits per heavy atom. The second kappa shape index (κ2) is 4.65. The lowest BCUT2D eigenvalue weighted by molar-refractivity contribution is 0.358. The van der Waals surface area contributed by atoms with Crippen molar-refractivity contribution >= 4 is 23.2 Å². The maximum absolute atomic E-state index is 8.97. The van der Waals surface area contributed by atoms with E-state index in [1.165, 1.54) is 0 Å². The van der Waals surface area contributed by atoms with Gasteiger partial charge in [-0.3, -0.25) is 4.90 Å². The summed E-state index contributed by atoms with van der Waals surface area (Å²) < 4.78 is 0. The molecule has 0 N–H and O–H groups in total. The highest BCUT2D eigenvalue weighted by atomic mass is 35.5. The summed E-state index contributed by atoms with van der Waals surface area (Å²) in [6, 6.07) is 6.94. The highest BCUT2D eigenvalue weighted by Gasteiger charge is 2.16. The minimum atomic E-state index is -0.360. The van der Waals surface area contributed by atoms with Gasteiger partial charge in [0.25, 0.3) is 0 Å². The molecule has 1 atom stereocenters. The van der Waals surface area contributed by atoms with Crippen molar-refractivity contribution in [3.05, 3.63) is 33.8 Å². The highest BCUT2D eigenvalue weighted by Crippen LogP contribution is 2.28. The summed E-state index contributed by atoms with van der Waals surface area (Å²) in [4.78, 5) is 1.79. The summed E-state index contributed by atoms with van der Waals surface area (Å²) in [7, 11) is 3.65. The molecule has 4 heteroatoms. The lowest BCUT2D eigenvalue weighted by Crippen LogP contribution is -2.18. The second-order valence-electron chi connectivity index (χ2n) is 3.16. The number of hydrogen-bond donors (Lipinski definition) is 0. The van der Waals surface area contributed by atoms with Crippen molar-refractivity contribution in [2.45, 2.75) is 6.04 Å². The molecule has 74 valence electrons. The van der Waals surface area contributed by atoms with E-state index < -0.39 is 0 Å². The fourth-order valence-electron chi connectivity index (χ4n) is 1.19. The lowest BCUT2D eigenvalue weighted by atomic mass is 10.1. The largest absolute Gasteiger partial charge is 0.290 e. The standard InChI is InChI=1S/C10H10Cl2N2/c1-14(2)10(6-13)8-5-7(11)3-4-9(8)12/h3-5,10H,1-2H3/t10-/m1/s1. The molecule has 1 aromatic rings. The molecule has 0 spiro atoms. The Balaban J connectivity index is 3.17. The van der Waals surface area contributed by atoms with E-state index in [4.69, 9.17) is 28.5 Å². The van der Waals surface area contributed by atoms with Gasteiger partial charge in [0.1, 0.15) is 6.04 Å². The fraction of sp³-hybridized carbons (Fsp3) is 0.300. The number of nitriles is 1. The Morgan fingerprint density at radius 3 is 2.50 bits per heavy atom. The van der Waals surface area contributed by atoms with Crippen LogP contribution < -0.4 is 0 Å². The molecule has 2 nitrogen and oxygen atoms in total. The summed E-state index contributed by atoms with van der Waals surface area (Å²) >= 11 is 11.8. The van der Waals surface area contributed by atoms with Gasteiger partial charge in [0.15, 0.2) is 0 Å². The van der Waals surface area contributed by atoms with Crippen LogP contribution in [0.25, 0.3) is 0 Å². The Morgan fingerprint density at radius 1 is 1.36 bits per heavy atom. The highest BCUT2D eigenvalue weighted by molar-refractivity contribution is 6.33. The number of halogens is 2. The van der Waals surface area contributed by atoms with Crippen LogP contribution in [0.15, 0.2) is 18.2 Å². The SMILES string of the molecule is CN(C)[C@H](C#N)c1cc(Cl)ccc1Cl. The van der Waals surface area contributed by atoms with Gasteiger partial charge in [0.2, 0.25) is 0 Å². The third-order valence-corrected chi connectivity index (χ3v) is 2.47. The van der Waals surface area contributed by atoms with E-state index in [1.807, 2.05) is 14.1 Å². The van der Waals surface area contributed by atoms with Gasteiger partial charge in [-0.05, 0) is 32.3 Å². The predicted molar refractivity (Wildman–Crippen MR) is 58.5 cm³/mol. The van der Waals surface area contributed by atoms with Crippen LogP contribution in [0.3, 0.4) is 0 Å². The van der Waals surface area contributed by atoms with Crippen molar-refractivity contribution in [3.63, 3.8) is 0 Å². The molecule has 0 saturated carbocycles. The zero-order chi connectivity index (χ0) is 10.7. The average molecular weight is 229 g/mol. The molecule has 0 bridgehead atoms. The van der Waals surface area contributed by atoms with Gasteiger partial charge in [-0.25, -0.2) is 0 Å². The summed E-state index contributed by atoms with van der Waals surface area (Å²) in [5.74, 6) is 0. The molecule has 0 unspecified atom stereocenters. The molecule has 0 aromatic heterocycles. The van der Waals surface area contributed by atoms with Gasteiger partial charge in [-0.15, -0.1) is 0 Å². The molecule has 0 aliphatic carbocycles. The van der Waals surface area contributed by atoms with Gasteiger partial charge < -0.3 is 0 Å². The normalized spacial score (nSPS) is 12.6. The summed E-state index contributed by atoms with van der Waals surface area (Å²) in [6.07, 6.45) is 0. The van der Waals surface area contributed by atoms with Gasteiger partial charge >= 0.3 is 0 Å². The number of benzene rings is 1. The van der Waals surface area contributed by atoms with E-state index in [0.29, 0.717) is 10.0 Å². The van der Waals surface area contributed by atoms with Crippen LogP contribution in [0.4, 0.5) is 0 Å². The third kappa shape index (κ3) is 2.39. The number of rotatable bonds is 2. The van der Waals surface area contributed by atoms with Gasteiger partial charge in [-0.1, -0.05) is 23.2 Å². The van der Waals surface area contributed by atoms with E-state index in [2.05, 4.69) is 6.07 Å². The van der Waals surface area contributed by atoms with E-state index in [1.54, 1.807) is 23.1 Å². The first-order chi connectivity index (χ1) is 6.56. The molecular formula is C10H10Cl2N2. The Bertz CT molecular complexity index is 369. The number of hydrogen-bond acceptors (Lipinski definition) is 2. The van der Waals surface area contributed by atoms with E-state index >= 15 is 0 Å². The topological polar surface area (TPSA) is 27.0 Å². The predicted octanol–water partition coefficient (Wildman–Crippen LogP) is 3.12. The minimum Gasteiger partial charge on any atom is -0.290 e. The molecule has 0 fully saturated rings. The molecule has 0 aliphatic heterocycles. The Hall–Kier alpha value is -0.750. The second-order valence-corrected chi connectivity index (χ2v) is 4.00. The van der Waals surface area contributed by atoms with Gasteiger partial charge in [0, 0.05) is 15.6 Å². The van der Waals surface area contributed by atoms with Gasteiger partial charge in [-0.2, -0.15) is 5.26 Å². The lowest BCUT2D eigenvalue weighted by Gasteiger charge is -2.18. The summed E-state index contributed by atoms with van der Waals surface area (Å²) in [6.45, 7) is 0. The molecule has 0 radical (unpaired) electrons. The van der Waals surface area contributed by atoms with Crippen LogP contribution in [0.1, 0.15) is 11.6 Å². The van der Waals surface area contributed by atoms with Crippen LogP contribution in [-0.4, -0.2) is 19.0 Å². The maximum Gasteiger partial charge on any atom is 0.124 e. The summed E-state index contributed by atoms with van der Waals surface area (Å²) in [5.41, 5.74) is 0.742. The van der Waals surface area contributed by atoms with Crippen LogP contribution in [0.2, 0.25) is 10.0 Å². The van der Waals surface area contributed by atoms with Crippen molar-refractivity contribution in [1.29, 1.82) is 5.26 Å². The molecule has 0 heterocycles. The van der Waals surface area contributed by atoms with Crippen molar-refractivity contribution in [3.8, 4) is 6.07 Å². The van der Waals surface area contributed by atoms with Crippen LogP contribution in [0.5, 0.6) is 0 Å². The third-order valence-electron chi connectivity index (χ3n) is 1.89. The molecule has 14 heavy (non-hydrogen) atoms. The fourth-order valence-corrected chi connectivity index (χ4v) is 1.59. The van der Waals surface area contributed by atoms with Crippen molar-refractivity contribution in [1.82, 2.24) is 4.90 Å². The van der Waals surface area contributed by atoms with Crippen LogP contribution >= 0.6 is 23.2 Å². The Labute approximate surface area is 93.7 Å². The van der Waals surface area contributed by atoms with Crippen LogP contribution in [-0.2, 0) is 0 Å². The average Bonchev–Trinajstić information content (AvgIpc) is 2.11. The van der Waals surface area contributed by atoms with E-state index in [0.717, 1.165) is 5.56 Å². The molecule has 0 aliphatic rings. The monoisotopic (exact) mass is 228 g/mol. The van der Waals surface area contributed by atoms with Crippen molar-refractivity contribution in [2.75, 3.05) is 14.1 Å². The van der Waals surface area contributed by atoms with E-state index in [-0.39, 0.29) is 6.04 Å². The molecular weight excluding hydrogens is 219 g/mol. The maximum atomic E-state index is 8.97. The smallest absolute Gasteiger partial charge is 0.124 e. The first-order valence-electron chi connectivity index (χ1n) is 4.07. The summed E-state index contributed by atoms with van der Waals surface area (Å²) in [5, 5.41) is 10.1. The van der Waals surface area contributed by atoms with E-state index in [9.17, 15) is 0 Å². The van der Waals surface area contributed by atoms with Crippen molar-refractivity contribution in [2.24, 2.45) is 0 Å². The molecule has 1 aromatic carbocycles. The molecule has 0 amide bonds. The van der Waals surface area contributed by atoms with Crippen molar-refractivity contribution < 1.29 is 0 Å². The number of nitrogens with zero attached hydrogens (tertiary/aromatic N) is 2. The molecule has 1 rings (SSSR count). The molecule has 0 saturated heterocycles. The zero-order valence-electron chi connectivity index (χ0n) is 7.96. The quantitative estimate of drug-likeness (QED) is 0.778. The Kier molecular flexibility index (Phi) is 3.77. The zero-order valence-corrected chi connectivity index (χ0v) is 9.47. The first kappa shape index (κ1) is 11.3. The first-order valence-corrected chi connectivity index (χ1v) is 4.83. The van der Waals surface area contributed by atoms with Crippen LogP contribution in [0, 0.1) is 11.3 Å². The minimum absolute atomic E-state index is 0.360.